The molecule has 0 aromatic carbocycles. The van der Waals surface area contributed by atoms with Crippen molar-refractivity contribution in [1.29, 1.82) is 0 Å². The molecule has 11 heteroatoms. The van der Waals surface area contributed by atoms with E-state index in [0.29, 0.717) is 17.6 Å². The highest BCUT2D eigenvalue weighted by Gasteiger charge is 2.44. The quantitative estimate of drug-likeness (QED) is 0.395. The first-order valence-corrected chi connectivity index (χ1v) is 7.05. The Kier molecular flexibility index (Phi) is 4.26. The van der Waals surface area contributed by atoms with Crippen LogP contribution in [0.1, 0.15) is 12.6 Å². The first kappa shape index (κ1) is 15.4. The van der Waals surface area contributed by atoms with Crippen molar-refractivity contribution in [1.82, 2.24) is 19.5 Å². The molecule has 1 saturated heterocycles. The summed E-state index contributed by atoms with van der Waals surface area (Å²) < 4.78 is 7.41. The van der Waals surface area contributed by atoms with E-state index in [2.05, 4.69) is 25.0 Å². The molecule has 3 rings (SSSR count). The van der Waals surface area contributed by atoms with Gasteiger partial charge in [0.2, 0.25) is 0 Å². The zero-order valence-corrected chi connectivity index (χ0v) is 12.1. The van der Waals surface area contributed by atoms with Crippen LogP contribution in [0.25, 0.3) is 21.6 Å². The molecule has 0 spiro atoms. The van der Waals surface area contributed by atoms with Crippen LogP contribution in [0.2, 0.25) is 0 Å². The van der Waals surface area contributed by atoms with Crippen molar-refractivity contribution >= 4 is 17.0 Å². The number of hydrogen-bond acceptors (Lipinski definition) is 8. The summed E-state index contributed by atoms with van der Waals surface area (Å²) in [6.45, 7) is -0.0285. The van der Waals surface area contributed by atoms with Gasteiger partial charge in [-0.2, -0.15) is 0 Å². The van der Waals surface area contributed by atoms with Crippen LogP contribution in [-0.2, 0) is 4.74 Å². The zero-order valence-electron chi connectivity index (χ0n) is 12.1. The number of nitrogens with zero attached hydrogens (tertiary/aromatic N) is 7. The fourth-order valence-electron chi connectivity index (χ4n) is 2.84. The van der Waals surface area contributed by atoms with Gasteiger partial charge in [-0.15, -0.1) is 0 Å². The molecule has 1 aliphatic heterocycles. The topological polar surface area (TPSA) is 168 Å². The number of nitrogens with two attached hydrogens (primary N) is 1. The lowest BCUT2D eigenvalue weighted by atomic mass is 9.96. The number of aliphatic hydroxyl groups is 2. The molecule has 122 valence electrons. The van der Waals surface area contributed by atoms with Crippen molar-refractivity contribution in [2.24, 2.45) is 11.0 Å². The Morgan fingerprint density at radius 3 is 3.00 bits per heavy atom. The first-order chi connectivity index (χ1) is 11.2. The van der Waals surface area contributed by atoms with Crippen LogP contribution in [-0.4, -0.2) is 55.1 Å². The molecule has 0 aliphatic carbocycles. The number of aromatic nitrogens is 4. The highest BCUT2D eigenvalue weighted by Crippen LogP contribution is 2.37. The molecule has 23 heavy (non-hydrogen) atoms. The SMILES string of the molecule is [N-]=[N+]=NC[C@H]1[C@@H](O)[C@H](n2cnc3c(N)ncnc32)O[C@@H]1CCO. The Bertz CT molecular complexity index is 743. The van der Waals surface area contributed by atoms with Gasteiger partial charge in [0.1, 0.15) is 17.9 Å². The number of azide groups is 1. The molecule has 11 nitrogen and oxygen atoms in total. The van der Waals surface area contributed by atoms with Crippen molar-refractivity contribution in [2.75, 3.05) is 18.9 Å². The third kappa shape index (κ3) is 2.66. The maximum Gasteiger partial charge on any atom is 0.167 e. The molecule has 1 aliphatic rings. The minimum atomic E-state index is -0.939. The Balaban J connectivity index is 1.95. The summed E-state index contributed by atoms with van der Waals surface area (Å²) in [6, 6.07) is 0. The van der Waals surface area contributed by atoms with Crippen LogP contribution in [0.3, 0.4) is 0 Å². The molecule has 0 bridgehead atoms. The second kappa shape index (κ2) is 6.34. The van der Waals surface area contributed by atoms with E-state index in [4.69, 9.17) is 21.1 Å². The summed E-state index contributed by atoms with van der Waals surface area (Å²) in [5.41, 5.74) is 15.1. The average molecular weight is 320 g/mol. The number of anilines is 1. The Morgan fingerprint density at radius 2 is 2.26 bits per heavy atom. The molecule has 2 aromatic rings. The summed E-state index contributed by atoms with van der Waals surface area (Å²) in [5, 5.41) is 23.2. The van der Waals surface area contributed by atoms with E-state index in [1.165, 1.54) is 12.7 Å². The largest absolute Gasteiger partial charge is 0.396 e. The molecule has 0 radical (unpaired) electrons. The van der Waals surface area contributed by atoms with Gasteiger partial charge in [-0.3, -0.25) is 4.57 Å². The molecule has 1 fully saturated rings. The summed E-state index contributed by atoms with van der Waals surface area (Å²) in [7, 11) is 0. The Hall–Kier alpha value is -2.46. The van der Waals surface area contributed by atoms with E-state index in [-0.39, 0.29) is 19.0 Å². The summed E-state index contributed by atoms with van der Waals surface area (Å²) in [4.78, 5) is 14.9. The molecule has 4 N–H and O–H groups in total. The van der Waals surface area contributed by atoms with Gasteiger partial charge in [0.05, 0.1) is 12.4 Å². The number of nitrogen functional groups attached to an aromatic ring is 1. The number of ether oxygens (including phenoxy) is 1. The minimum absolute atomic E-state index is 0.0720. The van der Waals surface area contributed by atoms with Crippen LogP contribution < -0.4 is 5.73 Å². The lowest BCUT2D eigenvalue weighted by Gasteiger charge is -2.17. The summed E-state index contributed by atoms with van der Waals surface area (Å²) >= 11 is 0. The second-order valence-electron chi connectivity index (χ2n) is 5.23. The Morgan fingerprint density at radius 1 is 1.43 bits per heavy atom. The van der Waals surface area contributed by atoms with Gasteiger partial charge in [-0.1, -0.05) is 5.11 Å². The highest BCUT2D eigenvalue weighted by atomic mass is 16.5. The van der Waals surface area contributed by atoms with Crippen LogP contribution >= 0.6 is 0 Å². The average Bonchev–Trinajstić information content (AvgIpc) is 3.09. The van der Waals surface area contributed by atoms with Gasteiger partial charge in [0.15, 0.2) is 17.7 Å². The van der Waals surface area contributed by atoms with Crippen LogP contribution in [0.5, 0.6) is 0 Å². The van der Waals surface area contributed by atoms with Crippen molar-refractivity contribution < 1.29 is 14.9 Å². The normalized spacial score (nSPS) is 27.2. The van der Waals surface area contributed by atoms with E-state index in [1.807, 2.05) is 0 Å². The van der Waals surface area contributed by atoms with Gasteiger partial charge in [-0.25, -0.2) is 15.0 Å². The predicted molar refractivity (Wildman–Crippen MR) is 78.9 cm³/mol. The first-order valence-electron chi connectivity index (χ1n) is 7.05. The standard InChI is InChI=1S/C12H16N8O3/c13-10-8-11(16-4-15-10)20(5-17-8)12-9(22)6(3-18-19-14)7(23-12)1-2-21/h4-7,9,12,21-22H,1-3H2,(H2,13,15,16)/t6-,7-,9-,12-/m1/s1. The second-order valence-corrected chi connectivity index (χ2v) is 5.23. The third-order valence-electron chi connectivity index (χ3n) is 3.95. The fourth-order valence-corrected chi connectivity index (χ4v) is 2.84. The molecule has 0 unspecified atom stereocenters. The Labute approximate surface area is 130 Å². The lowest BCUT2D eigenvalue weighted by molar-refractivity contribution is -0.0401. The fraction of sp³-hybridized carbons (Fsp3) is 0.583. The maximum absolute atomic E-state index is 10.6. The molecular formula is C12H16N8O3. The monoisotopic (exact) mass is 320 g/mol. The van der Waals surface area contributed by atoms with Crippen molar-refractivity contribution in [2.45, 2.75) is 24.9 Å². The van der Waals surface area contributed by atoms with Crippen molar-refractivity contribution in [3.63, 3.8) is 0 Å². The third-order valence-corrected chi connectivity index (χ3v) is 3.95. The number of hydrogen-bond donors (Lipinski definition) is 3. The van der Waals surface area contributed by atoms with Gasteiger partial charge in [0.25, 0.3) is 0 Å². The minimum Gasteiger partial charge on any atom is -0.396 e. The van der Waals surface area contributed by atoms with Crippen LogP contribution in [0.4, 0.5) is 5.82 Å². The van der Waals surface area contributed by atoms with E-state index in [1.54, 1.807) is 4.57 Å². The van der Waals surface area contributed by atoms with Gasteiger partial charge in [0, 0.05) is 24.0 Å². The van der Waals surface area contributed by atoms with E-state index < -0.39 is 24.4 Å². The highest BCUT2D eigenvalue weighted by molar-refractivity contribution is 5.81. The zero-order chi connectivity index (χ0) is 16.4. The van der Waals surface area contributed by atoms with Gasteiger partial charge < -0.3 is 20.7 Å². The molecule has 4 atom stereocenters. The van der Waals surface area contributed by atoms with Crippen molar-refractivity contribution in [3.05, 3.63) is 23.1 Å². The molecule has 0 saturated carbocycles. The van der Waals surface area contributed by atoms with Gasteiger partial charge >= 0.3 is 0 Å². The van der Waals surface area contributed by atoms with Crippen LogP contribution in [0, 0.1) is 5.92 Å². The summed E-state index contributed by atoms with van der Waals surface area (Å²) in [6.07, 6.45) is 0.954. The number of rotatable bonds is 5. The van der Waals surface area contributed by atoms with Gasteiger partial charge in [-0.05, 0) is 12.0 Å². The van der Waals surface area contributed by atoms with E-state index in [9.17, 15) is 5.11 Å². The lowest BCUT2D eigenvalue weighted by Crippen LogP contribution is -2.29. The molecule has 3 heterocycles. The van der Waals surface area contributed by atoms with E-state index >= 15 is 0 Å². The summed E-state index contributed by atoms with van der Waals surface area (Å²) in [5.74, 6) is -0.196. The van der Waals surface area contributed by atoms with E-state index in [0.717, 1.165) is 0 Å². The van der Waals surface area contributed by atoms with Crippen molar-refractivity contribution in [3.8, 4) is 0 Å². The number of imidazole rings is 1. The maximum atomic E-state index is 10.6. The molecule has 2 aromatic heterocycles. The molecule has 0 amide bonds. The number of fused-ring (bicyclic) bond motifs is 1. The van der Waals surface area contributed by atoms with Crippen LogP contribution in [0.15, 0.2) is 17.8 Å². The smallest absolute Gasteiger partial charge is 0.167 e. The number of aliphatic hydroxyl groups excluding tert-OH is 2. The molecular weight excluding hydrogens is 304 g/mol. The predicted octanol–water partition coefficient (Wildman–Crippen LogP) is -0.0243.